The van der Waals surface area contributed by atoms with E-state index in [-0.39, 0.29) is 58.5 Å². The van der Waals surface area contributed by atoms with Gasteiger partial charge in [0, 0.05) is 40.3 Å². The summed E-state index contributed by atoms with van der Waals surface area (Å²) in [6.45, 7) is 6.07. The van der Waals surface area contributed by atoms with Gasteiger partial charge in [-0.1, -0.05) is 25.8 Å². The van der Waals surface area contributed by atoms with Gasteiger partial charge in [-0.3, -0.25) is 14.5 Å². The molecule has 9 nitrogen and oxygen atoms in total. The van der Waals surface area contributed by atoms with Crippen molar-refractivity contribution >= 4 is 17.4 Å². The third-order valence-electron chi connectivity index (χ3n) is 9.58. The van der Waals surface area contributed by atoms with Gasteiger partial charge in [-0.25, -0.2) is 4.39 Å². The molecule has 7 N–H and O–H groups in total. The first-order valence-electron chi connectivity index (χ1n) is 13.8. The number of aromatic hydroxyl groups is 1. The third-order valence-corrected chi connectivity index (χ3v) is 9.58. The van der Waals surface area contributed by atoms with Crippen molar-refractivity contribution in [3.05, 3.63) is 57.6 Å². The average molecular weight is 556 g/mol. The summed E-state index contributed by atoms with van der Waals surface area (Å²) < 4.78 is 16.0. The van der Waals surface area contributed by atoms with Crippen LogP contribution in [0.3, 0.4) is 0 Å². The van der Waals surface area contributed by atoms with Crippen LogP contribution in [0.1, 0.15) is 62.1 Å². The minimum atomic E-state index is -2.35. The zero-order valence-corrected chi connectivity index (χ0v) is 23.2. The summed E-state index contributed by atoms with van der Waals surface area (Å²) in [6.07, 6.45) is 5.39. The number of phenolic OH excluding ortho intramolecular Hbond substituents is 1. The van der Waals surface area contributed by atoms with Crippen LogP contribution in [0.5, 0.6) is 5.75 Å². The summed E-state index contributed by atoms with van der Waals surface area (Å²) in [6, 6.07) is 0.306. The lowest BCUT2D eigenvalue weighted by Gasteiger charge is -2.52. The van der Waals surface area contributed by atoms with Gasteiger partial charge in [0.25, 0.3) is 5.91 Å². The molecular weight excluding hydrogens is 517 g/mol. The molecule has 0 saturated heterocycles. The number of ketones is 1. The molecule has 0 aromatic heterocycles. The van der Waals surface area contributed by atoms with Crippen LogP contribution >= 0.6 is 0 Å². The van der Waals surface area contributed by atoms with E-state index in [2.05, 4.69) is 18.8 Å². The van der Waals surface area contributed by atoms with Crippen LogP contribution in [-0.2, 0) is 22.6 Å². The normalized spacial score (nSPS) is 29.8. The van der Waals surface area contributed by atoms with Gasteiger partial charge >= 0.3 is 0 Å². The Morgan fingerprint density at radius 3 is 2.48 bits per heavy atom. The molecular formula is C30H38FN3O6. The van der Waals surface area contributed by atoms with E-state index < -0.39 is 58.1 Å². The summed E-state index contributed by atoms with van der Waals surface area (Å²) in [7, 11) is 3.25. The van der Waals surface area contributed by atoms with E-state index in [1.165, 1.54) is 12.5 Å². The Hall–Kier alpha value is -3.21. The zero-order chi connectivity index (χ0) is 29.3. The number of benzene rings is 1. The highest BCUT2D eigenvalue weighted by atomic mass is 19.1. The number of Topliss-reactive ketones (excluding diaryl/α,β-unsaturated/α-hetero) is 1. The number of nitrogens with one attached hydrogen (secondary N) is 1. The molecule has 10 heteroatoms. The van der Waals surface area contributed by atoms with Gasteiger partial charge in [-0.15, -0.1) is 0 Å². The van der Waals surface area contributed by atoms with Crippen molar-refractivity contribution in [2.75, 3.05) is 14.1 Å². The van der Waals surface area contributed by atoms with E-state index in [4.69, 9.17) is 5.73 Å². The minimum Gasteiger partial charge on any atom is -0.510 e. The Morgan fingerprint density at radius 2 is 1.88 bits per heavy atom. The fourth-order valence-corrected chi connectivity index (χ4v) is 7.46. The Labute approximate surface area is 232 Å². The number of hydrogen-bond donors (Lipinski definition) is 6. The molecule has 0 unspecified atom stereocenters. The number of likely N-dealkylation sites (N-methyl/N-ethyl adjacent to an activating group) is 1. The highest BCUT2D eigenvalue weighted by Crippen LogP contribution is 2.54. The number of carbonyl (C=O) groups is 2. The van der Waals surface area contributed by atoms with Gasteiger partial charge in [-0.05, 0) is 58.7 Å². The number of primary amides is 1. The molecule has 2 saturated carbocycles. The number of phenols is 1. The van der Waals surface area contributed by atoms with Crippen LogP contribution < -0.4 is 11.1 Å². The van der Waals surface area contributed by atoms with Crippen LogP contribution in [-0.4, -0.2) is 68.3 Å². The summed E-state index contributed by atoms with van der Waals surface area (Å²) in [5.41, 5.74) is 2.26. The van der Waals surface area contributed by atoms with Crippen LogP contribution in [0, 0.1) is 17.7 Å². The standard InChI is InChI=1S/C30H38FN3O6/c1-14-20(28(32)39)26(37)24(34(3)4)18-11-15-10-17-22(25(36)21(15)27(38)30(14,18)40)19(35)12-16(23(17)31)13-33-29(2)8-6-5-7-9-29/h12,15,18,24,33,35-37,40H,1,5-11,13H2,2-4H3,(H2,32,39)/t15-,18-,24-,30-/m0/s1. The first kappa shape index (κ1) is 28.3. The van der Waals surface area contributed by atoms with Crippen LogP contribution in [0.2, 0.25) is 0 Å². The number of aliphatic hydroxyl groups is 3. The molecule has 1 amide bonds. The molecule has 2 fully saturated rings. The Bertz CT molecular complexity index is 1380. The van der Waals surface area contributed by atoms with Gasteiger partial charge in [-0.2, -0.15) is 0 Å². The Kier molecular flexibility index (Phi) is 6.88. The molecule has 0 heterocycles. The number of carbonyl (C=O) groups excluding carboxylic acids is 2. The predicted octanol–water partition coefficient (Wildman–Crippen LogP) is 2.90. The molecule has 0 aliphatic heterocycles. The van der Waals surface area contributed by atoms with E-state index in [1.807, 2.05) is 0 Å². The molecule has 4 aliphatic carbocycles. The van der Waals surface area contributed by atoms with Crippen LogP contribution in [0.4, 0.5) is 4.39 Å². The fourth-order valence-electron chi connectivity index (χ4n) is 7.46. The second kappa shape index (κ2) is 9.71. The zero-order valence-electron chi connectivity index (χ0n) is 23.2. The Balaban J connectivity index is 1.57. The van der Waals surface area contributed by atoms with E-state index in [0.717, 1.165) is 25.7 Å². The monoisotopic (exact) mass is 555 g/mol. The first-order chi connectivity index (χ1) is 18.7. The second-order valence-electron chi connectivity index (χ2n) is 12.3. The lowest BCUT2D eigenvalue weighted by molar-refractivity contribution is -0.143. The number of nitrogens with zero attached hydrogens (tertiary/aromatic N) is 1. The van der Waals surface area contributed by atoms with Crippen molar-refractivity contribution in [3.8, 4) is 5.75 Å². The van der Waals surface area contributed by atoms with Crippen molar-refractivity contribution in [2.45, 2.75) is 75.6 Å². The minimum absolute atomic E-state index is 0.00265. The van der Waals surface area contributed by atoms with E-state index >= 15 is 4.39 Å². The maximum atomic E-state index is 16.0. The van der Waals surface area contributed by atoms with Crippen molar-refractivity contribution in [2.24, 2.45) is 17.6 Å². The van der Waals surface area contributed by atoms with Gasteiger partial charge in [0.05, 0.1) is 17.2 Å². The average Bonchev–Trinajstić information content (AvgIpc) is 2.87. The molecule has 0 spiro atoms. The molecule has 4 atom stereocenters. The molecule has 216 valence electrons. The molecule has 4 aliphatic rings. The van der Waals surface area contributed by atoms with Gasteiger partial charge in [0.1, 0.15) is 23.1 Å². The SMILES string of the molecule is C=C1C(C(N)=O)=C(O)[C@@H](N(C)C)[C@@H]2C[C@@H]3Cc4c(F)c(CNC5(C)CCCCC5)cc(O)c4C(O)=C3C(=O)[C@]12O. The topological polar surface area (TPSA) is 156 Å². The Morgan fingerprint density at radius 1 is 1.23 bits per heavy atom. The van der Waals surface area contributed by atoms with Crippen LogP contribution in [0.15, 0.2) is 35.1 Å². The number of halogens is 1. The van der Waals surface area contributed by atoms with Gasteiger partial charge in [0.2, 0.25) is 0 Å². The highest BCUT2D eigenvalue weighted by Gasteiger charge is 2.62. The third kappa shape index (κ3) is 4.07. The lowest BCUT2D eigenvalue weighted by Crippen LogP contribution is -2.63. The summed E-state index contributed by atoms with van der Waals surface area (Å²) >= 11 is 0. The largest absolute Gasteiger partial charge is 0.510 e. The molecule has 5 rings (SSSR count). The molecule has 0 bridgehead atoms. The van der Waals surface area contributed by atoms with Gasteiger partial charge in [0.15, 0.2) is 11.4 Å². The number of amides is 1. The van der Waals surface area contributed by atoms with Crippen molar-refractivity contribution in [1.82, 2.24) is 10.2 Å². The number of rotatable bonds is 5. The molecule has 1 aromatic rings. The maximum Gasteiger partial charge on any atom is 0.252 e. The van der Waals surface area contributed by atoms with E-state index in [1.54, 1.807) is 19.0 Å². The number of fused-ring (bicyclic) bond motifs is 3. The summed E-state index contributed by atoms with van der Waals surface area (Å²) in [5, 5.41) is 48.5. The summed E-state index contributed by atoms with van der Waals surface area (Å²) in [4.78, 5) is 27.8. The fraction of sp³-hybridized carbons (Fsp3) is 0.533. The maximum absolute atomic E-state index is 16.0. The van der Waals surface area contributed by atoms with Gasteiger partial charge < -0.3 is 31.5 Å². The molecule has 40 heavy (non-hydrogen) atoms. The molecule has 0 radical (unpaired) electrons. The van der Waals surface area contributed by atoms with E-state index in [9.17, 15) is 30.0 Å². The van der Waals surface area contributed by atoms with Crippen LogP contribution in [0.25, 0.3) is 5.76 Å². The predicted molar refractivity (Wildman–Crippen MR) is 147 cm³/mol. The van der Waals surface area contributed by atoms with Crippen molar-refractivity contribution in [3.63, 3.8) is 0 Å². The number of aliphatic hydroxyl groups excluding tert-OH is 2. The number of nitrogens with two attached hydrogens (primary N) is 1. The quantitative estimate of drug-likeness (QED) is 0.324. The first-order valence-corrected chi connectivity index (χ1v) is 13.8. The van der Waals surface area contributed by atoms with Crippen molar-refractivity contribution < 1.29 is 34.4 Å². The van der Waals surface area contributed by atoms with Crippen molar-refractivity contribution in [1.29, 1.82) is 0 Å². The number of hydrogen-bond acceptors (Lipinski definition) is 8. The highest BCUT2D eigenvalue weighted by molar-refractivity contribution is 6.13. The second-order valence-corrected chi connectivity index (χ2v) is 12.3. The smallest absolute Gasteiger partial charge is 0.252 e. The van der Waals surface area contributed by atoms with E-state index in [0.29, 0.717) is 0 Å². The molecule has 1 aromatic carbocycles. The lowest BCUT2D eigenvalue weighted by atomic mass is 9.56. The summed E-state index contributed by atoms with van der Waals surface area (Å²) in [5.74, 6) is -5.55.